The standard InChI is InChI=1S/C30H38FN5O2/c31-27-13-11-25(12-14-27)24-36(29-10-2-3-15-32-29)20-17-34-30(37)33-16-7-21-38-28-9-6-8-26(22-28)23-35-18-4-1-5-19-35/h2-3,6,8-15,22H,1,4-5,7,16-21,23-24H2,(H2,33,34,37). The van der Waals surface area contributed by atoms with Crippen molar-refractivity contribution < 1.29 is 13.9 Å². The number of ether oxygens (including phenoxy) is 1. The summed E-state index contributed by atoms with van der Waals surface area (Å²) >= 11 is 0. The van der Waals surface area contributed by atoms with Crippen LogP contribution in [0, 0.1) is 5.82 Å². The van der Waals surface area contributed by atoms with Crippen LogP contribution < -0.4 is 20.3 Å². The fraction of sp³-hybridized carbons (Fsp3) is 0.400. The third-order valence-corrected chi connectivity index (χ3v) is 6.56. The molecule has 1 saturated heterocycles. The van der Waals surface area contributed by atoms with E-state index in [1.165, 1.54) is 50.0 Å². The molecule has 0 aliphatic carbocycles. The number of urea groups is 1. The molecule has 2 amide bonds. The van der Waals surface area contributed by atoms with Crippen molar-refractivity contribution in [3.63, 3.8) is 0 Å². The molecule has 0 radical (unpaired) electrons. The monoisotopic (exact) mass is 519 g/mol. The highest BCUT2D eigenvalue weighted by molar-refractivity contribution is 5.73. The number of aromatic nitrogens is 1. The van der Waals surface area contributed by atoms with Crippen LogP contribution in [0.5, 0.6) is 5.75 Å². The summed E-state index contributed by atoms with van der Waals surface area (Å²) in [5, 5.41) is 5.80. The van der Waals surface area contributed by atoms with Crippen LogP contribution in [0.1, 0.15) is 36.8 Å². The predicted molar refractivity (Wildman–Crippen MR) is 149 cm³/mol. The maximum Gasteiger partial charge on any atom is 0.314 e. The average Bonchev–Trinajstić information content (AvgIpc) is 2.95. The smallest absolute Gasteiger partial charge is 0.314 e. The lowest BCUT2D eigenvalue weighted by Gasteiger charge is -2.26. The van der Waals surface area contributed by atoms with Crippen molar-refractivity contribution in [2.75, 3.05) is 44.2 Å². The summed E-state index contributed by atoms with van der Waals surface area (Å²) in [7, 11) is 0. The molecular weight excluding hydrogens is 481 g/mol. The molecule has 0 saturated carbocycles. The Hall–Kier alpha value is -3.65. The molecular formula is C30H38FN5O2. The van der Waals surface area contributed by atoms with Crippen LogP contribution in [-0.2, 0) is 13.1 Å². The zero-order valence-electron chi connectivity index (χ0n) is 21.9. The van der Waals surface area contributed by atoms with Crippen LogP contribution in [-0.4, -0.2) is 55.2 Å². The summed E-state index contributed by atoms with van der Waals surface area (Å²) in [5.41, 5.74) is 2.25. The number of pyridine rings is 1. The van der Waals surface area contributed by atoms with Crippen molar-refractivity contribution in [2.24, 2.45) is 0 Å². The third-order valence-electron chi connectivity index (χ3n) is 6.56. The largest absolute Gasteiger partial charge is 0.494 e. The summed E-state index contributed by atoms with van der Waals surface area (Å²) in [6, 6.07) is 20.2. The molecule has 4 rings (SSSR count). The number of piperidine rings is 1. The second kappa shape index (κ2) is 14.9. The van der Waals surface area contributed by atoms with Crippen LogP contribution in [0.25, 0.3) is 0 Å². The number of amides is 2. The van der Waals surface area contributed by atoms with Crippen molar-refractivity contribution >= 4 is 11.8 Å². The fourth-order valence-electron chi connectivity index (χ4n) is 4.57. The quantitative estimate of drug-likeness (QED) is 0.312. The van der Waals surface area contributed by atoms with Gasteiger partial charge in [0, 0.05) is 38.9 Å². The van der Waals surface area contributed by atoms with Crippen molar-refractivity contribution in [1.29, 1.82) is 0 Å². The summed E-state index contributed by atoms with van der Waals surface area (Å²) < 4.78 is 19.2. The van der Waals surface area contributed by atoms with Gasteiger partial charge in [-0.3, -0.25) is 4.90 Å². The molecule has 38 heavy (non-hydrogen) atoms. The van der Waals surface area contributed by atoms with Gasteiger partial charge >= 0.3 is 6.03 Å². The van der Waals surface area contributed by atoms with Gasteiger partial charge in [-0.1, -0.05) is 36.8 Å². The van der Waals surface area contributed by atoms with Crippen LogP contribution in [0.3, 0.4) is 0 Å². The molecule has 8 heteroatoms. The van der Waals surface area contributed by atoms with E-state index >= 15 is 0 Å². The van der Waals surface area contributed by atoms with Gasteiger partial charge < -0.3 is 20.3 Å². The molecule has 2 aromatic carbocycles. The number of nitrogens with zero attached hydrogens (tertiary/aromatic N) is 3. The van der Waals surface area contributed by atoms with Gasteiger partial charge in [0.25, 0.3) is 0 Å². The molecule has 202 valence electrons. The molecule has 1 aliphatic rings. The third kappa shape index (κ3) is 9.34. The van der Waals surface area contributed by atoms with Gasteiger partial charge in [0.05, 0.1) is 6.61 Å². The van der Waals surface area contributed by atoms with E-state index in [9.17, 15) is 9.18 Å². The fourth-order valence-corrected chi connectivity index (χ4v) is 4.57. The van der Waals surface area contributed by atoms with Crippen LogP contribution in [0.15, 0.2) is 72.9 Å². The minimum atomic E-state index is -0.261. The Morgan fingerprint density at radius 2 is 1.76 bits per heavy atom. The van der Waals surface area contributed by atoms with Crippen molar-refractivity contribution in [1.82, 2.24) is 20.5 Å². The lowest BCUT2D eigenvalue weighted by atomic mass is 10.1. The highest BCUT2D eigenvalue weighted by atomic mass is 19.1. The van der Waals surface area contributed by atoms with Gasteiger partial charge in [-0.25, -0.2) is 14.2 Å². The zero-order valence-corrected chi connectivity index (χ0v) is 21.9. The summed E-state index contributed by atoms with van der Waals surface area (Å²) in [5.74, 6) is 1.42. The number of nitrogens with one attached hydrogen (secondary N) is 2. The Bertz CT molecular complexity index is 1110. The number of anilines is 1. The summed E-state index contributed by atoms with van der Waals surface area (Å²) in [6.07, 6.45) is 6.37. The molecule has 0 unspecified atom stereocenters. The highest BCUT2D eigenvalue weighted by Gasteiger charge is 2.11. The molecule has 1 aliphatic heterocycles. The summed E-state index contributed by atoms with van der Waals surface area (Å²) in [6.45, 7) is 5.97. The topological polar surface area (TPSA) is 69.7 Å². The number of hydrogen-bond donors (Lipinski definition) is 2. The molecule has 0 atom stereocenters. The zero-order chi connectivity index (χ0) is 26.4. The number of carbonyl (C=O) groups excluding carboxylic acids is 1. The predicted octanol–water partition coefficient (Wildman–Crippen LogP) is 4.98. The second-order valence-corrected chi connectivity index (χ2v) is 9.60. The van der Waals surface area contributed by atoms with Gasteiger partial charge in [-0.2, -0.15) is 0 Å². The number of likely N-dealkylation sites (tertiary alicyclic amines) is 1. The molecule has 1 fully saturated rings. The van der Waals surface area contributed by atoms with Crippen molar-refractivity contribution in [3.8, 4) is 5.75 Å². The van der Waals surface area contributed by atoms with Gasteiger partial charge in [-0.05, 0) is 79.9 Å². The lowest BCUT2D eigenvalue weighted by Crippen LogP contribution is -2.41. The Morgan fingerprint density at radius 1 is 0.947 bits per heavy atom. The second-order valence-electron chi connectivity index (χ2n) is 9.60. The summed E-state index contributed by atoms with van der Waals surface area (Å²) in [4.78, 5) is 21.3. The first-order chi connectivity index (χ1) is 18.7. The van der Waals surface area contributed by atoms with E-state index in [4.69, 9.17) is 4.74 Å². The van der Waals surface area contributed by atoms with E-state index in [1.807, 2.05) is 30.3 Å². The molecule has 2 heterocycles. The minimum absolute atomic E-state index is 0.212. The molecule has 7 nitrogen and oxygen atoms in total. The number of hydrogen-bond acceptors (Lipinski definition) is 5. The SMILES string of the molecule is O=C(NCCCOc1cccc(CN2CCCCC2)c1)NCCN(Cc1ccc(F)cc1)c1ccccn1. The normalized spacial score (nSPS) is 13.6. The first kappa shape index (κ1) is 27.4. The van der Waals surface area contributed by atoms with Gasteiger partial charge in [0.1, 0.15) is 17.4 Å². The van der Waals surface area contributed by atoms with Crippen molar-refractivity contribution in [2.45, 2.75) is 38.8 Å². The van der Waals surface area contributed by atoms with E-state index in [2.05, 4.69) is 37.6 Å². The molecule has 3 aromatic rings. The first-order valence-corrected chi connectivity index (χ1v) is 13.5. The van der Waals surface area contributed by atoms with E-state index in [0.29, 0.717) is 39.2 Å². The number of halogens is 1. The number of rotatable bonds is 13. The Morgan fingerprint density at radius 3 is 2.55 bits per heavy atom. The molecule has 2 N–H and O–H groups in total. The lowest BCUT2D eigenvalue weighted by molar-refractivity contribution is 0.220. The Balaban J connectivity index is 1.13. The maximum atomic E-state index is 13.3. The molecule has 0 spiro atoms. The highest BCUT2D eigenvalue weighted by Crippen LogP contribution is 2.18. The van der Waals surface area contributed by atoms with Crippen molar-refractivity contribution in [3.05, 3.63) is 89.9 Å². The van der Waals surface area contributed by atoms with Crippen LogP contribution >= 0.6 is 0 Å². The van der Waals surface area contributed by atoms with Gasteiger partial charge in [0.15, 0.2) is 0 Å². The van der Waals surface area contributed by atoms with E-state index in [1.54, 1.807) is 18.3 Å². The first-order valence-electron chi connectivity index (χ1n) is 13.5. The Kier molecular flexibility index (Phi) is 10.8. The Labute approximate surface area is 225 Å². The molecule has 0 bridgehead atoms. The number of benzene rings is 2. The molecule has 1 aromatic heterocycles. The van der Waals surface area contributed by atoms with Gasteiger partial charge in [-0.15, -0.1) is 0 Å². The van der Waals surface area contributed by atoms with E-state index in [0.717, 1.165) is 23.7 Å². The average molecular weight is 520 g/mol. The van der Waals surface area contributed by atoms with E-state index in [-0.39, 0.29) is 11.8 Å². The van der Waals surface area contributed by atoms with E-state index < -0.39 is 0 Å². The number of carbonyl (C=O) groups is 1. The van der Waals surface area contributed by atoms with Gasteiger partial charge in [0.2, 0.25) is 0 Å². The van der Waals surface area contributed by atoms with Crippen LogP contribution in [0.2, 0.25) is 0 Å². The van der Waals surface area contributed by atoms with Crippen LogP contribution in [0.4, 0.5) is 15.0 Å². The minimum Gasteiger partial charge on any atom is -0.494 e. The maximum absolute atomic E-state index is 13.3.